The third-order valence-electron chi connectivity index (χ3n) is 2.63. The standard InChI is InChI=1S/C11H9BrN2O2/c12-8-5-7(6-13)1-2-9(8)14-11(3-4-11)10(15)16/h1-2,5,14H,3-4H2,(H,15,16). The van der Waals surface area contributed by atoms with Crippen LogP contribution in [0.1, 0.15) is 18.4 Å². The average Bonchev–Trinajstić information content (AvgIpc) is 3.02. The Bertz CT molecular complexity index is 489. The highest BCUT2D eigenvalue weighted by Gasteiger charge is 2.50. The topological polar surface area (TPSA) is 73.1 Å². The lowest BCUT2D eigenvalue weighted by atomic mass is 10.2. The molecule has 82 valence electrons. The molecule has 0 spiro atoms. The number of hydrogen-bond acceptors (Lipinski definition) is 3. The van der Waals surface area contributed by atoms with Gasteiger partial charge in [-0.25, -0.2) is 4.79 Å². The number of halogens is 1. The van der Waals surface area contributed by atoms with E-state index < -0.39 is 11.5 Å². The molecule has 1 saturated carbocycles. The van der Waals surface area contributed by atoms with Crippen LogP contribution in [0.25, 0.3) is 0 Å². The number of hydrogen-bond donors (Lipinski definition) is 2. The van der Waals surface area contributed by atoms with Gasteiger partial charge in [0.2, 0.25) is 0 Å². The molecule has 0 aromatic heterocycles. The molecule has 0 heterocycles. The highest BCUT2D eigenvalue weighted by atomic mass is 79.9. The molecular weight excluding hydrogens is 272 g/mol. The summed E-state index contributed by atoms with van der Waals surface area (Å²) < 4.78 is 0.707. The van der Waals surface area contributed by atoms with E-state index in [1.165, 1.54) is 0 Å². The summed E-state index contributed by atoms with van der Waals surface area (Å²) in [4.78, 5) is 11.0. The fourth-order valence-electron chi connectivity index (χ4n) is 1.46. The molecule has 0 atom stereocenters. The lowest BCUT2D eigenvalue weighted by Gasteiger charge is -2.15. The van der Waals surface area contributed by atoms with Crippen LogP contribution in [0, 0.1) is 11.3 Å². The van der Waals surface area contributed by atoms with Crippen LogP contribution in [-0.4, -0.2) is 16.6 Å². The Morgan fingerprint density at radius 1 is 1.56 bits per heavy atom. The van der Waals surface area contributed by atoms with Crippen LogP contribution in [0.5, 0.6) is 0 Å². The van der Waals surface area contributed by atoms with Crippen molar-refractivity contribution in [1.82, 2.24) is 0 Å². The predicted octanol–water partition coefficient (Wildman–Crippen LogP) is 2.35. The molecule has 2 N–H and O–H groups in total. The zero-order valence-electron chi connectivity index (χ0n) is 8.33. The third-order valence-corrected chi connectivity index (χ3v) is 3.29. The van der Waals surface area contributed by atoms with Gasteiger partial charge in [-0.15, -0.1) is 0 Å². The second kappa shape index (κ2) is 3.80. The maximum Gasteiger partial charge on any atom is 0.329 e. The number of carboxylic acid groups (broad SMARTS) is 1. The maximum atomic E-state index is 11.0. The van der Waals surface area contributed by atoms with Crippen molar-refractivity contribution in [3.8, 4) is 6.07 Å². The van der Waals surface area contributed by atoms with Gasteiger partial charge in [0, 0.05) is 10.2 Å². The Balaban J connectivity index is 2.23. The van der Waals surface area contributed by atoms with Gasteiger partial charge in [-0.2, -0.15) is 5.26 Å². The summed E-state index contributed by atoms with van der Waals surface area (Å²) in [5.74, 6) is -0.830. The first kappa shape index (κ1) is 11.0. The predicted molar refractivity (Wildman–Crippen MR) is 62.1 cm³/mol. The fraction of sp³-hybridized carbons (Fsp3) is 0.273. The van der Waals surface area contributed by atoms with Crippen LogP contribution in [0.4, 0.5) is 5.69 Å². The summed E-state index contributed by atoms with van der Waals surface area (Å²) in [6.07, 6.45) is 1.27. The van der Waals surface area contributed by atoms with Crippen molar-refractivity contribution >= 4 is 27.6 Å². The molecule has 1 aromatic rings. The van der Waals surface area contributed by atoms with E-state index in [0.29, 0.717) is 28.6 Å². The van der Waals surface area contributed by atoms with Gasteiger partial charge in [0.05, 0.1) is 11.6 Å². The van der Waals surface area contributed by atoms with Crippen LogP contribution in [0.15, 0.2) is 22.7 Å². The highest BCUT2D eigenvalue weighted by Crippen LogP contribution is 2.40. The first-order valence-corrected chi connectivity index (χ1v) is 5.58. The molecule has 5 heteroatoms. The highest BCUT2D eigenvalue weighted by molar-refractivity contribution is 9.10. The number of nitrogens with one attached hydrogen (secondary N) is 1. The third kappa shape index (κ3) is 1.89. The number of carbonyl (C=O) groups is 1. The number of aliphatic carboxylic acids is 1. The van der Waals surface area contributed by atoms with Crippen LogP contribution in [0.2, 0.25) is 0 Å². The Hall–Kier alpha value is -1.54. The molecule has 4 nitrogen and oxygen atoms in total. The monoisotopic (exact) mass is 280 g/mol. The first-order valence-electron chi connectivity index (χ1n) is 4.79. The average molecular weight is 281 g/mol. The molecule has 0 aliphatic heterocycles. The van der Waals surface area contributed by atoms with E-state index in [1.54, 1.807) is 18.2 Å². The Morgan fingerprint density at radius 2 is 2.25 bits per heavy atom. The summed E-state index contributed by atoms with van der Waals surface area (Å²) in [7, 11) is 0. The van der Waals surface area contributed by atoms with Crippen molar-refractivity contribution in [3.63, 3.8) is 0 Å². The molecular formula is C11H9BrN2O2. The normalized spacial score (nSPS) is 16.2. The largest absolute Gasteiger partial charge is 0.480 e. The Labute approximate surface area is 101 Å². The van der Waals surface area contributed by atoms with E-state index >= 15 is 0 Å². The second-order valence-corrected chi connectivity index (χ2v) is 4.67. The Kier molecular flexibility index (Phi) is 2.60. The summed E-state index contributed by atoms with van der Waals surface area (Å²) in [6, 6.07) is 7.06. The number of carboxylic acids is 1. The smallest absolute Gasteiger partial charge is 0.329 e. The lowest BCUT2D eigenvalue weighted by Crippen LogP contribution is -2.31. The van der Waals surface area contributed by atoms with Gasteiger partial charge >= 0.3 is 5.97 Å². The van der Waals surface area contributed by atoms with Gasteiger partial charge in [-0.05, 0) is 47.0 Å². The van der Waals surface area contributed by atoms with E-state index in [9.17, 15) is 4.79 Å². The SMILES string of the molecule is N#Cc1ccc(NC2(C(=O)O)CC2)c(Br)c1. The van der Waals surface area contributed by atoms with Crippen molar-refractivity contribution in [2.45, 2.75) is 18.4 Å². The lowest BCUT2D eigenvalue weighted by molar-refractivity contribution is -0.138. The van der Waals surface area contributed by atoms with E-state index in [0.717, 1.165) is 0 Å². The van der Waals surface area contributed by atoms with E-state index in [4.69, 9.17) is 10.4 Å². The summed E-state index contributed by atoms with van der Waals surface area (Å²) in [5, 5.41) is 20.7. The van der Waals surface area contributed by atoms with Gasteiger partial charge in [-0.3, -0.25) is 0 Å². The number of anilines is 1. The van der Waals surface area contributed by atoms with Crippen LogP contribution in [-0.2, 0) is 4.79 Å². The van der Waals surface area contributed by atoms with Crippen molar-refractivity contribution in [1.29, 1.82) is 5.26 Å². The molecule has 0 amide bonds. The van der Waals surface area contributed by atoms with Crippen molar-refractivity contribution in [3.05, 3.63) is 28.2 Å². The molecule has 2 rings (SSSR count). The van der Waals surface area contributed by atoms with Crippen LogP contribution in [0.3, 0.4) is 0 Å². The maximum absolute atomic E-state index is 11.0. The van der Waals surface area contributed by atoms with Gasteiger partial charge in [-0.1, -0.05) is 0 Å². The first-order chi connectivity index (χ1) is 7.57. The van der Waals surface area contributed by atoms with Gasteiger partial charge < -0.3 is 10.4 Å². The molecule has 0 radical (unpaired) electrons. The van der Waals surface area contributed by atoms with E-state index in [2.05, 4.69) is 21.2 Å². The van der Waals surface area contributed by atoms with Crippen LogP contribution >= 0.6 is 15.9 Å². The number of nitriles is 1. The second-order valence-electron chi connectivity index (χ2n) is 3.82. The van der Waals surface area contributed by atoms with Crippen molar-refractivity contribution in [2.75, 3.05) is 5.32 Å². The quantitative estimate of drug-likeness (QED) is 0.892. The van der Waals surface area contributed by atoms with Crippen molar-refractivity contribution in [2.24, 2.45) is 0 Å². The molecule has 1 aliphatic rings. The van der Waals surface area contributed by atoms with Gasteiger partial charge in [0.1, 0.15) is 5.54 Å². The summed E-state index contributed by atoms with van der Waals surface area (Å²) in [6.45, 7) is 0. The van der Waals surface area contributed by atoms with Gasteiger partial charge in [0.15, 0.2) is 0 Å². The molecule has 0 unspecified atom stereocenters. The zero-order valence-corrected chi connectivity index (χ0v) is 9.91. The Morgan fingerprint density at radius 3 is 2.69 bits per heavy atom. The minimum absolute atomic E-state index is 0.539. The summed E-state index contributed by atoms with van der Waals surface area (Å²) >= 11 is 3.31. The van der Waals surface area contributed by atoms with E-state index in [-0.39, 0.29) is 0 Å². The van der Waals surface area contributed by atoms with E-state index in [1.807, 2.05) is 6.07 Å². The van der Waals surface area contributed by atoms with Crippen molar-refractivity contribution < 1.29 is 9.90 Å². The number of nitrogens with zero attached hydrogens (tertiary/aromatic N) is 1. The zero-order chi connectivity index (χ0) is 11.8. The molecule has 0 bridgehead atoms. The molecule has 1 aliphatic carbocycles. The molecule has 1 fully saturated rings. The fourth-order valence-corrected chi connectivity index (χ4v) is 1.94. The molecule has 1 aromatic carbocycles. The molecule has 16 heavy (non-hydrogen) atoms. The molecule has 0 saturated heterocycles. The minimum Gasteiger partial charge on any atom is -0.480 e. The summed E-state index contributed by atoms with van der Waals surface area (Å²) in [5.41, 5.74) is 0.438. The van der Waals surface area contributed by atoms with Gasteiger partial charge in [0.25, 0.3) is 0 Å². The number of rotatable bonds is 3. The van der Waals surface area contributed by atoms with Crippen LogP contribution < -0.4 is 5.32 Å². The number of benzene rings is 1. The minimum atomic E-state index is -0.830.